The quantitative estimate of drug-likeness (QED) is 0.842. The average Bonchev–Trinajstić information content (AvgIpc) is 2.82. The molecule has 0 radical (unpaired) electrons. The number of H-pyrrole nitrogens is 1. The summed E-state index contributed by atoms with van der Waals surface area (Å²) in [4.78, 5) is 4.20. The van der Waals surface area contributed by atoms with Gasteiger partial charge >= 0.3 is 0 Å². The zero-order chi connectivity index (χ0) is 12.3. The molecule has 1 unspecified atom stereocenters. The molecule has 2 rings (SSSR count). The van der Waals surface area contributed by atoms with Gasteiger partial charge < -0.3 is 5.32 Å². The largest absolute Gasteiger partial charge is 0.362 e. The number of rotatable bonds is 3. The number of nitrogens with zero attached hydrogens (tertiary/aromatic N) is 3. The summed E-state index contributed by atoms with van der Waals surface area (Å²) in [5, 5.41) is 19.0. The van der Waals surface area contributed by atoms with Gasteiger partial charge in [0.1, 0.15) is 11.9 Å². The summed E-state index contributed by atoms with van der Waals surface area (Å²) < 4.78 is 0. The summed E-state index contributed by atoms with van der Waals surface area (Å²) in [6, 6.07) is 4.04. The van der Waals surface area contributed by atoms with Gasteiger partial charge in [-0.25, -0.2) is 4.98 Å². The van der Waals surface area contributed by atoms with E-state index in [-0.39, 0.29) is 6.04 Å². The Hall–Kier alpha value is -2.35. The third-order valence-electron chi connectivity index (χ3n) is 2.64. The van der Waals surface area contributed by atoms with Crippen LogP contribution in [-0.2, 0) is 0 Å². The number of anilines is 1. The molecule has 0 aliphatic rings. The van der Waals surface area contributed by atoms with E-state index in [0.29, 0.717) is 11.4 Å². The van der Waals surface area contributed by atoms with E-state index in [4.69, 9.17) is 5.26 Å². The molecule has 2 aromatic rings. The molecule has 2 aromatic heterocycles. The number of aromatic nitrogens is 3. The SMILES string of the molecule is Cc1ccnc(NC(C)c2cn[nH]c2)c1C#N. The highest BCUT2D eigenvalue weighted by molar-refractivity contribution is 5.56. The standard InChI is InChI=1S/C12H13N5/c1-8-3-4-14-12(11(8)5-13)17-9(2)10-6-15-16-7-10/h3-4,6-7,9H,1-2H3,(H,14,17)(H,15,16). The van der Waals surface area contributed by atoms with Crippen LogP contribution in [0.1, 0.15) is 29.7 Å². The molecular weight excluding hydrogens is 214 g/mol. The second-order valence-electron chi connectivity index (χ2n) is 3.86. The normalized spacial score (nSPS) is 11.8. The zero-order valence-electron chi connectivity index (χ0n) is 9.73. The lowest BCUT2D eigenvalue weighted by molar-refractivity contribution is 0.874. The monoisotopic (exact) mass is 227 g/mol. The van der Waals surface area contributed by atoms with Gasteiger partial charge in [0, 0.05) is 18.0 Å². The van der Waals surface area contributed by atoms with E-state index < -0.39 is 0 Å². The van der Waals surface area contributed by atoms with Crippen molar-refractivity contribution in [3.63, 3.8) is 0 Å². The number of hydrogen-bond donors (Lipinski definition) is 2. The Bertz CT molecular complexity index is 539. The van der Waals surface area contributed by atoms with Gasteiger partial charge in [0.05, 0.1) is 17.8 Å². The molecule has 2 N–H and O–H groups in total. The van der Waals surface area contributed by atoms with Crippen molar-refractivity contribution in [2.45, 2.75) is 19.9 Å². The molecule has 0 amide bonds. The Morgan fingerprint density at radius 2 is 2.35 bits per heavy atom. The van der Waals surface area contributed by atoms with Gasteiger partial charge in [-0.05, 0) is 25.5 Å². The van der Waals surface area contributed by atoms with Crippen molar-refractivity contribution in [1.82, 2.24) is 15.2 Å². The molecule has 5 heteroatoms. The summed E-state index contributed by atoms with van der Waals surface area (Å²) in [5.41, 5.74) is 2.53. The highest BCUT2D eigenvalue weighted by atomic mass is 15.1. The summed E-state index contributed by atoms with van der Waals surface area (Å²) >= 11 is 0. The van der Waals surface area contributed by atoms with Crippen molar-refractivity contribution in [2.24, 2.45) is 0 Å². The van der Waals surface area contributed by atoms with E-state index in [1.807, 2.05) is 26.1 Å². The minimum Gasteiger partial charge on any atom is -0.362 e. The van der Waals surface area contributed by atoms with E-state index >= 15 is 0 Å². The Morgan fingerprint density at radius 1 is 1.53 bits per heavy atom. The number of pyridine rings is 1. The van der Waals surface area contributed by atoms with Crippen LogP contribution in [0.2, 0.25) is 0 Å². The Labute approximate surface area is 99.5 Å². The molecule has 0 aromatic carbocycles. The summed E-state index contributed by atoms with van der Waals surface area (Å²) in [6.07, 6.45) is 5.26. The van der Waals surface area contributed by atoms with Crippen LogP contribution in [0.25, 0.3) is 0 Å². The Balaban J connectivity index is 2.25. The number of nitrogens with one attached hydrogen (secondary N) is 2. The third kappa shape index (κ3) is 2.26. The van der Waals surface area contributed by atoms with Crippen molar-refractivity contribution in [3.05, 3.63) is 41.3 Å². The maximum Gasteiger partial charge on any atom is 0.144 e. The van der Waals surface area contributed by atoms with Crippen molar-refractivity contribution < 1.29 is 0 Å². The molecule has 0 saturated heterocycles. The van der Waals surface area contributed by atoms with E-state index in [1.54, 1.807) is 12.4 Å². The van der Waals surface area contributed by atoms with Gasteiger partial charge in [-0.3, -0.25) is 5.10 Å². The lowest BCUT2D eigenvalue weighted by Crippen LogP contribution is -2.09. The van der Waals surface area contributed by atoms with Gasteiger partial charge in [0.15, 0.2) is 0 Å². The average molecular weight is 227 g/mol. The predicted molar refractivity (Wildman–Crippen MR) is 64.3 cm³/mol. The summed E-state index contributed by atoms with van der Waals surface area (Å²) in [6.45, 7) is 3.89. The predicted octanol–water partition coefficient (Wildman–Crippen LogP) is 2.16. The van der Waals surface area contributed by atoms with Crippen LogP contribution in [0.4, 0.5) is 5.82 Å². The third-order valence-corrected chi connectivity index (χ3v) is 2.64. The van der Waals surface area contributed by atoms with Crippen molar-refractivity contribution in [1.29, 1.82) is 5.26 Å². The first-order valence-corrected chi connectivity index (χ1v) is 5.33. The summed E-state index contributed by atoms with van der Waals surface area (Å²) in [7, 11) is 0. The van der Waals surface area contributed by atoms with E-state index in [1.165, 1.54) is 0 Å². The molecule has 1 atom stereocenters. The van der Waals surface area contributed by atoms with E-state index in [0.717, 1.165) is 11.1 Å². The first kappa shape index (κ1) is 11.1. The second kappa shape index (κ2) is 4.66. The van der Waals surface area contributed by atoms with Gasteiger partial charge in [-0.2, -0.15) is 10.4 Å². The van der Waals surface area contributed by atoms with Crippen LogP contribution in [0.5, 0.6) is 0 Å². The van der Waals surface area contributed by atoms with Crippen LogP contribution in [0.3, 0.4) is 0 Å². The molecule has 0 saturated carbocycles. The molecule has 86 valence electrons. The molecule has 2 heterocycles. The highest BCUT2D eigenvalue weighted by Crippen LogP contribution is 2.21. The molecule has 17 heavy (non-hydrogen) atoms. The number of nitriles is 1. The number of hydrogen-bond acceptors (Lipinski definition) is 4. The van der Waals surface area contributed by atoms with Gasteiger partial charge in [0.25, 0.3) is 0 Å². The molecule has 0 fully saturated rings. The topological polar surface area (TPSA) is 77.4 Å². The van der Waals surface area contributed by atoms with Crippen molar-refractivity contribution in [2.75, 3.05) is 5.32 Å². The molecule has 0 aliphatic carbocycles. The van der Waals surface area contributed by atoms with E-state index in [9.17, 15) is 0 Å². The lowest BCUT2D eigenvalue weighted by Gasteiger charge is -2.14. The number of aryl methyl sites for hydroxylation is 1. The fraction of sp³-hybridized carbons (Fsp3) is 0.250. The summed E-state index contributed by atoms with van der Waals surface area (Å²) in [5.74, 6) is 0.612. The van der Waals surface area contributed by atoms with Crippen molar-refractivity contribution in [3.8, 4) is 6.07 Å². The van der Waals surface area contributed by atoms with Gasteiger partial charge in [0.2, 0.25) is 0 Å². The lowest BCUT2D eigenvalue weighted by atomic mass is 10.1. The minimum absolute atomic E-state index is 0.0511. The Kier molecular flexibility index (Phi) is 3.06. The number of aromatic amines is 1. The molecular formula is C12H13N5. The molecule has 5 nitrogen and oxygen atoms in total. The van der Waals surface area contributed by atoms with Gasteiger partial charge in [-0.15, -0.1) is 0 Å². The van der Waals surface area contributed by atoms with Crippen LogP contribution in [0.15, 0.2) is 24.7 Å². The van der Waals surface area contributed by atoms with Crippen molar-refractivity contribution >= 4 is 5.82 Å². The first-order valence-electron chi connectivity index (χ1n) is 5.33. The minimum atomic E-state index is 0.0511. The molecule has 0 aliphatic heterocycles. The second-order valence-corrected chi connectivity index (χ2v) is 3.86. The first-order chi connectivity index (χ1) is 8.22. The van der Waals surface area contributed by atoms with Crippen LogP contribution < -0.4 is 5.32 Å². The zero-order valence-corrected chi connectivity index (χ0v) is 9.73. The fourth-order valence-electron chi connectivity index (χ4n) is 1.59. The highest BCUT2D eigenvalue weighted by Gasteiger charge is 2.11. The maximum absolute atomic E-state index is 9.09. The fourth-order valence-corrected chi connectivity index (χ4v) is 1.59. The van der Waals surface area contributed by atoms with Crippen LogP contribution >= 0.6 is 0 Å². The maximum atomic E-state index is 9.09. The van der Waals surface area contributed by atoms with Crippen LogP contribution in [-0.4, -0.2) is 15.2 Å². The molecule has 0 spiro atoms. The smallest absolute Gasteiger partial charge is 0.144 e. The van der Waals surface area contributed by atoms with E-state index in [2.05, 4.69) is 26.6 Å². The van der Waals surface area contributed by atoms with Crippen LogP contribution in [0, 0.1) is 18.3 Å². The van der Waals surface area contributed by atoms with Gasteiger partial charge in [-0.1, -0.05) is 0 Å². The Morgan fingerprint density at radius 3 is 3.00 bits per heavy atom. The molecule has 0 bridgehead atoms.